The zero-order valence-electron chi connectivity index (χ0n) is 2.41. The molecule has 0 aromatic heterocycles. The fourth-order valence-corrected chi connectivity index (χ4v) is 0. The van der Waals surface area contributed by atoms with Crippen LogP contribution in [0.25, 0.3) is 0 Å². The molecule has 0 atom stereocenters. The van der Waals surface area contributed by atoms with E-state index in [1.54, 1.807) is 0 Å². The maximum atomic E-state index is 0. The Morgan fingerprint density at radius 3 is 0.667 bits per heavy atom. The minimum Gasteiger partial charge on any atom is -2.00 e. The van der Waals surface area contributed by atoms with Crippen molar-refractivity contribution in [2.75, 3.05) is 0 Å². The van der Waals surface area contributed by atoms with Crippen molar-refractivity contribution in [3.05, 3.63) is 0 Å². The Morgan fingerprint density at radius 2 is 0.667 bits per heavy atom. The van der Waals surface area contributed by atoms with E-state index >= 15 is 0 Å². The third-order valence-electron chi connectivity index (χ3n) is 0. The van der Waals surface area contributed by atoms with Crippen LogP contribution in [-0.4, -0.2) is 0 Å². The summed E-state index contributed by atoms with van der Waals surface area (Å²) in [6.45, 7) is 0. The van der Waals surface area contributed by atoms with Crippen molar-refractivity contribution >= 4 is 40.5 Å². The second-order valence-electron chi connectivity index (χ2n) is 0. The first-order chi connectivity index (χ1) is 0. The molecule has 0 N–H and O–H groups in total. The summed E-state index contributed by atoms with van der Waals surface area (Å²) >= 11 is 0. The van der Waals surface area contributed by atoms with Crippen molar-refractivity contribution < 1.29 is 56.4 Å². The Morgan fingerprint density at radius 1 is 0.667 bits per heavy atom. The Hall–Kier alpha value is 2.83. The summed E-state index contributed by atoms with van der Waals surface area (Å²) in [5.74, 6) is 0. The summed E-state index contributed by atoms with van der Waals surface area (Å²) in [5.41, 5.74) is 0. The summed E-state index contributed by atoms with van der Waals surface area (Å²) < 4.78 is 0. The normalized spacial score (nSPS) is 0. The van der Waals surface area contributed by atoms with Crippen LogP contribution in [0.5, 0.6) is 0 Å². The molecule has 0 spiro atoms. The van der Waals surface area contributed by atoms with Crippen LogP contribution < -0.4 is 0 Å². The zero-order chi connectivity index (χ0) is 0. The van der Waals surface area contributed by atoms with Crippen LogP contribution in [0.1, 0.15) is 0 Å². The van der Waals surface area contributed by atoms with Crippen LogP contribution in [0.15, 0.2) is 0 Å². The van der Waals surface area contributed by atoms with Gasteiger partial charge in [-0.05, 0) is 0 Å². The van der Waals surface area contributed by atoms with Gasteiger partial charge in [0.1, 0.15) is 0 Å². The molecule has 0 unspecified atom stereocenters. The molecule has 6 heavy (non-hydrogen) atoms. The first-order valence-electron chi connectivity index (χ1n) is 0. The predicted octanol–water partition coefficient (Wildman–Crippen LogP) is -0.0147. The standard InChI is InChI=1S/Co.Mo.3S.V/q;;3*-2;. The van der Waals surface area contributed by atoms with Crippen LogP contribution in [0.2, 0.25) is 0 Å². The Bertz CT molecular complexity index is 10.8. The average molecular weight is 302 g/mol. The van der Waals surface area contributed by atoms with Crippen LogP contribution in [0, 0.1) is 0 Å². The van der Waals surface area contributed by atoms with Gasteiger partial charge in [-0.1, -0.05) is 0 Å². The average Bonchev–Trinajstić information content (AvgIpc) is 0. The monoisotopic (exact) mass is 304 g/mol. The molecule has 0 fully saturated rings. The van der Waals surface area contributed by atoms with Crippen LogP contribution in [-0.2, 0) is 96.9 Å². The molecule has 0 aromatic carbocycles. The second kappa shape index (κ2) is 45.6. The first kappa shape index (κ1) is 67.6. The quantitative estimate of drug-likeness (QED) is 0.552. The van der Waals surface area contributed by atoms with E-state index in [4.69, 9.17) is 0 Å². The van der Waals surface area contributed by atoms with Gasteiger partial charge in [-0.3, -0.25) is 0 Å². The topological polar surface area (TPSA) is 0 Å². The van der Waals surface area contributed by atoms with E-state index in [1.165, 1.54) is 0 Å². The third-order valence-corrected chi connectivity index (χ3v) is 0. The molecule has 0 saturated carbocycles. The van der Waals surface area contributed by atoms with Gasteiger partial charge in [0.2, 0.25) is 0 Å². The Kier molecular flexibility index (Phi) is 514. The third kappa shape index (κ3) is 29.0. The van der Waals surface area contributed by atoms with Crippen molar-refractivity contribution in [1.29, 1.82) is 0 Å². The molecule has 44 valence electrons. The van der Waals surface area contributed by atoms with Gasteiger partial charge in [0.05, 0.1) is 0 Å². The molecule has 0 heterocycles. The first-order valence-corrected chi connectivity index (χ1v) is 0. The zero-order valence-corrected chi connectivity index (χ0v) is 9.31. The predicted molar refractivity (Wildman–Crippen MR) is 22.1 cm³/mol. The van der Waals surface area contributed by atoms with E-state index < -0.39 is 0 Å². The molecule has 0 aliphatic carbocycles. The number of rotatable bonds is 0. The Labute approximate surface area is 95.7 Å². The van der Waals surface area contributed by atoms with Crippen LogP contribution in [0.3, 0.4) is 0 Å². The van der Waals surface area contributed by atoms with Crippen molar-refractivity contribution in [2.24, 2.45) is 0 Å². The van der Waals surface area contributed by atoms with Gasteiger partial charge >= 0.3 is 0 Å². The smallest absolute Gasteiger partial charge is 0 e. The van der Waals surface area contributed by atoms with Crippen LogP contribution >= 0.6 is 0 Å². The molecule has 0 amide bonds. The summed E-state index contributed by atoms with van der Waals surface area (Å²) in [7, 11) is 0. The molecule has 0 aromatic rings. The fraction of sp³-hybridized carbons (Fsp3) is 0. The van der Waals surface area contributed by atoms with Gasteiger partial charge in [-0.15, -0.1) is 0 Å². The van der Waals surface area contributed by atoms with E-state index in [9.17, 15) is 0 Å². The molecule has 2 radical (unpaired) electrons. The molecular formula is CoMoS3V-6. The summed E-state index contributed by atoms with van der Waals surface area (Å²) in [4.78, 5) is 0. The van der Waals surface area contributed by atoms with Gasteiger partial charge in [0.15, 0.2) is 0 Å². The molecule has 0 rings (SSSR count). The maximum absolute atomic E-state index is 0. The maximum Gasteiger partial charge on any atom is 0 e. The molecular weight excluding hydrogens is 302 g/mol. The summed E-state index contributed by atoms with van der Waals surface area (Å²) in [6, 6.07) is 0. The SMILES string of the molecule is [Co].[Mo].[S-2].[S-2].[S-2].[V]. The Balaban J connectivity index is 0. The molecule has 0 nitrogen and oxygen atoms in total. The molecule has 6 heteroatoms. The van der Waals surface area contributed by atoms with Gasteiger partial charge < -0.3 is 40.5 Å². The largest absolute Gasteiger partial charge is 2.00 e. The van der Waals surface area contributed by atoms with Gasteiger partial charge in [0, 0.05) is 56.4 Å². The fourth-order valence-electron chi connectivity index (χ4n) is 0. The van der Waals surface area contributed by atoms with Gasteiger partial charge in [-0.25, -0.2) is 0 Å². The van der Waals surface area contributed by atoms with Gasteiger partial charge in [0.25, 0.3) is 0 Å². The van der Waals surface area contributed by atoms with Crippen molar-refractivity contribution in [3.8, 4) is 0 Å². The van der Waals surface area contributed by atoms with E-state index in [0.717, 1.165) is 0 Å². The summed E-state index contributed by atoms with van der Waals surface area (Å²) in [5, 5.41) is 0. The molecule has 0 saturated heterocycles. The van der Waals surface area contributed by atoms with E-state index in [0.29, 0.717) is 0 Å². The molecule has 0 aliphatic rings. The van der Waals surface area contributed by atoms with Gasteiger partial charge in [-0.2, -0.15) is 0 Å². The van der Waals surface area contributed by atoms with E-state index in [2.05, 4.69) is 0 Å². The minimum atomic E-state index is 0. The second-order valence-corrected chi connectivity index (χ2v) is 0. The molecule has 0 bridgehead atoms. The van der Waals surface area contributed by atoms with Crippen LogP contribution in [0.4, 0.5) is 0 Å². The minimum absolute atomic E-state index is 0. The molecule has 0 aliphatic heterocycles. The van der Waals surface area contributed by atoms with Crippen molar-refractivity contribution in [3.63, 3.8) is 0 Å². The van der Waals surface area contributed by atoms with E-state index in [1.807, 2.05) is 0 Å². The van der Waals surface area contributed by atoms with E-state index in [-0.39, 0.29) is 96.9 Å². The number of hydrogen-bond acceptors (Lipinski definition) is 0. The van der Waals surface area contributed by atoms with Crippen molar-refractivity contribution in [1.82, 2.24) is 0 Å². The van der Waals surface area contributed by atoms with Crippen molar-refractivity contribution in [2.45, 2.75) is 0 Å². The number of hydrogen-bond donors (Lipinski definition) is 0. The summed E-state index contributed by atoms with van der Waals surface area (Å²) in [6.07, 6.45) is 0.